The van der Waals surface area contributed by atoms with Crippen molar-refractivity contribution in [1.29, 1.82) is 0 Å². The van der Waals surface area contributed by atoms with E-state index in [2.05, 4.69) is 21.2 Å². The van der Waals surface area contributed by atoms with Crippen LogP contribution in [0.4, 0.5) is 5.69 Å². The van der Waals surface area contributed by atoms with Gasteiger partial charge in [-0.15, -0.1) is 0 Å². The van der Waals surface area contributed by atoms with Crippen LogP contribution in [0.25, 0.3) is 6.08 Å². The van der Waals surface area contributed by atoms with Gasteiger partial charge in [0, 0.05) is 10.5 Å². The Balaban J connectivity index is 1.48. The van der Waals surface area contributed by atoms with Crippen LogP contribution in [0.15, 0.2) is 75.3 Å². The first kappa shape index (κ1) is 19.4. The number of ether oxygens (including phenoxy) is 1. The van der Waals surface area contributed by atoms with Gasteiger partial charge >= 0.3 is 0 Å². The highest BCUT2D eigenvalue weighted by Gasteiger charge is 2.32. The first-order valence-corrected chi connectivity index (χ1v) is 10.1. The largest absolute Gasteiger partial charge is 0.486 e. The third kappa shape index (κ3) is 4.26. The number of hydrogen-bond acceptors (Lipinski definition) is 4. The first-order chi connectivity index (χ1) is 14.0. The molecule has 2 heterocycles. The van der Waals surface area contributed by atoms with Gasteiger partial charge in [0.15, 0.2) is 5.11 Å². The van der Waals surface area contributed by atoms with Gasteiger partial charge in [-0.25, -0.2) is 0 Å². The number of nitrogens with zero attached hydrogens (tertiary/aromatic N) is 1. The molecule has 1 fully saturated rings. The Kier molecular flexibility index (Phi) is 5.51. The van der Waals surface area contributed by atoms with E-state index in [9.17, 15) is 4.79 Å². The lowest BCUT2D eigenvalue weighted by atomic mass is 10.2. The molecule has 0 atom stereocenters. The summed E-state index contributed by atoms with van der Waals surface area (Å²) in [5, 5.41) is 3.32. The van der Waals surface area contributed by atoms with Crippen molar-refractivity contribution in [3.63, 3.8) is 0 Å². The molecule has 1 saturated heterocycles. The number of rotatable bonds is 5. The summed E-state index contributed by atoms with van der Waals surface area (Å²) in [6, 6.07) is 18.8. The second-order valence-corrected chi connectivity index (χ2v) is 7.77. The molecule has 1 amide bonds. The Morgan fingerprint density at radius 3 is 2.79 bits per heavy atom. The number of aryl methyl sites for hydroxylation is 1. The Morgan fingerprint density at radius 1 is 1.17 bits per heavy atom. The smallest absolute Gasteiger partial charge is 0.281 e. The van der Waals surface area contributed by atoms with E-state index < -0.39 is 0 Å². The summed E-state index contributed by atoms with van der Waals surface area (Å²) in [6.07, 6.45) is 1.65. The molecule has 1 aliphatic heterocycles. The van der Waals surface area contributed by atoms with Crippen LogP contribution < -0.4 is 15.0 Å². The van der Waals surface area contributed by atoms with Crippen molar-refractivity contribution in [2.75, 3.05) is 4.90 Å². The Bertz CT molecular complexity index is 1120. The molecule has 0 unspecified atom stereocenters. The quantitative estimate of drug-likeness (QED) is 0.412. The molecule has 0 radical (unpaired) electrons. The van der Waals surface area contributed by atoms with Crippen LogP contribution in [0.3, 0.4) is 0 Å². The predicted molar refractivity (Wildman–Crippen MR) is 120 cm³/mol. The van der Waals surface area contributed by atoms with Gasteiger partial charge in [0.25, 0.3) is 5.91 Å². The van der Waals surface area contributed by atoms with Crippen molar-refractivity contribution in [1.82, 2.24) is 5.32 Å². The summed E-state index contributed by atoms with van der Waals surface area (Å²) < 4.78 is 12.4. The molecule has 0 bridgehead atoms. The van der Waals surface area contributed by atoms with Gasteiger partial charge in [0.2, 0.25) is 0 Å². The molecular formula is C22H17BrN2O3S. The number of carbonyl (C=O) groups is 1. The molecule has 29 heavy (non-hydrogen) atoms. The van der Waals surface area contributed by atoms with Gasteiger partial charge < -0.3 is 14.5 Å². The molecule has 5 nitrogen and oxygen atoms in total. The number of para-hydroxylation sites is 1. The number of carbonyl (C=O) groups excluding carboxylic acids is 1. The standard InChI is InChI=1S/C22H17BrN2O3S/c1-14-5-2-3-8-20(14)25-21(26)19(24-22(25)29)12-17-9-10-18(28-17)13-27-16-7-4-6-15(23)11-16/h2-12H,13H2,1H3,(H,24,29)/b19-12+. The van der Waals surface area contributed by atoms with Crippen molar-refractivity contribution in [2.24, 2.45) is 0 Å². The van der Waals surface area contributed by atoms with Crippen LogP contribution in [-0.2, 0) is 11.4 Å². The van der Waals surface area contributed by atoms with Crippen molar-refractivity contribution in [2.45, 2.75) is 13.5 Å². The van der Waals surface area contributed by atoms with Gasteiger partial charge in [0.05, 0.1) is 5.69 Å². The van der Waals surface area contributed by atoms with Crippen LogP contribution >= 0.6 is 28.1 Å². The SMILES string of the molecule is Cc1ccccc1N1C(=O)/C(=C\c2ccc(COc3cccc(Br)c3)o2)NC1=S. The van der Waals surface area contributed by atoms with Gasteiger partial charge in [-0.1, -0.05) is 40.2 Å². The number of hydrogen-bond donors (Lipinski definition) is 1. The summed E-state index contributed by atoms with van der Waals surface area (Å²) in [7, 11) is 0. The number of halogens is 1. The van der Waals surface area contributed by atoms with Gasteiger partial charge in [-0.2, -0.15) is 0 Å². The Labute approximate surface area is 182 Å². The fraction of sp³-hybridized carbons (Fsp3) is 0.0909. The molecule has 0 aliphatic carbocycles. The summed E-state index contributed by atoms with van der Waals surface area (Å²) in [5.41, 5.74) is 2.10. The van der Waals surface area contributed by atoms with E-state index in [1.54, 1.807) is 12.1 Å². The maximum Gasteiger partial charge on any atom is 0.281 e. The van der Waals surface area contributed by atoms with Crippen LogP contribution in [0.2, 0.25) is 0 Å². The average molecular weight is 469 g/mol. The number of amides is 1. The number of nitrogens with one attached hydrogen (secondary N) is 1. The second-order valence-electron chi connectivity index (χ2n) is 6.47. The zero-order chi connectivity index (χ0) is 20.4. The van der Waals surface area contributed by atoms with Crippen LogP contribution in [0.5, 0.6) is 5.75 Å². The minimum Gasteiger partial charge on any atom is -0.486 e. The van der Waals surface area contributed by atoms with Gasteiger partial charge in [-0.05, 0) is 61.1 Å². The number of anilines is 1. The third-order valence-corrected chi connectivity index (χ3v) is 5.16. The zero-order valence-electron chi connectivity index (χ0n) is 15.5. The van der Waals surface area contributed by atoms with Crippen LogP contribution in [-0.4, -0.2) is 11.0 Å². The normalized spacial score (nSPS) is 15.1. The predicted octanol–water partition coefficient (Wildman–Crippen LogP) is 5.19. The average Bonchev–Trinajstić information content (AvgIpc) is 3.25. The minimum absolute atomic E-state index is 0.215. The van der Waals surface area contributed by atoms with Crippen LogP contribution in [0, 0.1) is 6.92 Å². The minimum atomic E-state index is -0.215. The lowest BCUT2D eigenvalue weighted by Crippen LogP contribution is -2.30. The van der Waals surface area contributed by atoms with Crippen LogP contribution in [0.1, 0.15) is 17.1 Å². The molecule has 2 aromatic carbocycles. The number of furan rings is 1. The topological polar surface area (TPSA) is 54.7 Å². The lowest BCUT2D eigenvalue weighted by Gasteiger charge is -2.16. The molecule has 4 rings (SSSR count). The van der Waals surface area contributed by atoms with E-state index in [1.165, 1.54) is 4.90 Å². The van der Waals surface area contributed by atoms with E-state index in [0.717, 1.165) is 21.5 Å². The summed E-state index contributed by atoms with van der Waals surface area (Å²) in [4.78, 5) is 14.4. The van der Waals surface area contributed by atoms with Gasteiger partial charge in [-0.3, -0.25) is 9.69 Å². The van der Waals surface area contributed by atoms with Crippen molar-refractivity contribution >= 4 is 50.9 Å². The van der Waals surface area contributed by atoms with E-state index in [4.69, 9.17) is 21.4 Å². The second kappa shape index (κ2) is 8.23. The maximum absolute atomic E-state index is 12.9. The first-order valence-electron chi connectivity index (χ1n) is 8.91. The van der Waals surface area contributed by atoms with E-state index >= 15 is 0 Å². The molecule has 0 spiro atoms. The fourth-order valence-electron chi connectivity index (χ4n) is 2.97. The molecule has 7 heteroatoms. The highest BCUT2D eigenvalue weighted by atomic mass is 79.9. The Morgan fingerprint density at radius 2 is 2.00 bits per heavy atom. The monoisotopic (exact) mass is 468 g/mol. The fourth-order valence-corrected chi connectivity index (χ4v) is 3.64. The molecule has 146 valence electrons. The zero-order valence-corrected chi connectivity index (χ0v) is 17.9. The molecular weight excluding hydrogens is 452 g/mol. The van der Waals surface area contributed by atoms with Crippen molar-refractivity contribution in [3.05, 3.63) is 87.9 Å². The molecule has 3 aromatic rings. The summed E-state index contributed by atoms with van der Waals surface area (Å²) in [6.45, 7) is 2.23. The highest BCUT2D eigenvalue weighted by Crippen LogP contribution is 2.26. The summed E-state index contributed by atoms with van der Waals surface area (Å²) in [5.74, 6) is 1.72. The van der Waals surface area contributed by atoms with E-state index in [0.29, 0.717) is 22.3 Å². The van der Waals surface area contributed by atoms with E-state index in [1.807, 2.05) is 61.5 Å². The van der Waals surface area contributed by atoms with Gasteiger partial charge in [0.1, 0.15) is 29.6 Å². The highest BCUT2D eigenvalue weighted by molar-refractivity contribution is 9.10. The third-order valence-electron chi connectivity index (χ3n) is 4.38. The molecule has 1 aromatic heterocycles. The lowest BCUT2D eigenvalue weighted by molar-refractivity contribution is -0.113. The molecule has 1 N–H and O–H groups in total. The van der Waals surface area contributed by atoms with Crippen molar-refractivity contribution < 1.29 is 13.9 Å². The Hall–Kier alpha value is -2.90. The van der Waals surface area contributed by atoms with Crippen molar-refractivity contribution in [3.8, 4) is 5.75 Å². The van der Waals surface area contributed by atoms with E-state index in [-0.39, 0.29) is 12.5 Å². The molecule has 1 aliphatic rings. The molecule has 0 saturated carbocycles. The summed E-state index contributed by atoms with van der Waals surface area (Å²) >= 11 is 8.78. The number of benzene rings is 2. The number of thiocarbonyl (C=S) groups is 1. The maximum atomic E-state index is 12.9.